The van der Waals surface area contributed by atoms with E-state index in [4.69, 9.17) is 0 Å². The van der Waals surface area contributed by atoms with E-state index in [-0.39, 0.29) is 0 Å². The molecular weight excluding hydrogens is 352 g/mol. The summed E-state index contributed by atoms with van der Waals surface area (Å²) in [6, 6.07) is 21.0. The Kier molecular flexibility index (Phi) is 3.23. The molecule has 0 amide bonds. The van der Waals surface area contributed by atoms with Gasteiger partial charge in [0, 0.05) is 14.5 Å². The third kappa shape index (κ3) is 2.00. The van der Waals surface area contributed by atoms with Crippen LogP contribution in [0.1, 0.15) is 0 Å². The van der Waals surface area contributed by atoms with E-state index >= 15 is 0 Å². The van der Waals surface area contributed by atoms with Gasteiger partial charge in [-0.1, -0.05) is 80.4 Å². The van der Waals surface area contributed by atoms with Gasteiger partial charge in [-0.05, 0) is 28.5 Å². The second-order valence-electron chi connectivity index (χ2n) is 4.12. The Morgan fingerprint density at radius 2 is 1.33 bits per heavy atom. The van der Waals surface area contributed by atoms with E-state index in [1.165, 1.54) is 21.9 Å². The van der Waals surface area contributed by atoms with E-state index in [0.29, 0.717) is 0 Å². The third-order valence-electron chi connectivity index (χ3n) is 3.02. The van der Waals surface area contributed by atoms with Crippen LogP contribution in [0, 0.1) is 0 Å². The number of halogens is 2. The van der Waals surface area contributed by atoms with Gasteiger partial charge in [0.1, 0.15) is 0 Å². The molecule has 0 nitrogen and oxygen atoms in total. The largest absolute Gasteiger partial charge is 0.0616 e. The molecule has 3 aromatic rings. The summed E-state index contributed by atoms with van der Waals surface area (Å²) in [5.41, 5.74) is 2.45. The zero-order chi connectivity index (χ0) is 12.5. The zero-order valence-corrected chi connectivity index (χ0v) is 12.7. The first-order chi connectivity index (χ1) is 8.77. The highest BCUT2D eigenvalue weighted by Gasteiger charge is 2.10. The van der Waals surface area contributed by atoms with Crippen LogP contribution in [0.15, 0.2) is 69.6 Å². The molecule has 0 saturated carbocycles. The fourth-order valence-electron chi connectivity index (χ4n) is 2.18. The summed E-state index contributed by atoms with van der Waals surface area (Å²) in [5, 5.41) is 2.52. The molecule has 0 radical (unpaired) electrons. The lowest BCUT2D eigenvalue weighted by Gasteiger charge is -2.11. The molecule has 0 unspecified atom stereocenters. The van der Waals surface area contributed by atoms with Gasteiger partial charge in [0.05, 0.1) is 0 Å². The van der Waals surface area contributed by atoms with Crippen LogP contribution in [0.2, 0.25) is 0 Å². The Morgan fingerprint density at radius 3 is 2.17 bits per heavy atom. The first-order valence-electron chi connectivity index (χ1n) is 5.69. The van der Waals surface area contributed by atoms with Crippen molar-refractivity contribution in [2.45, 2.75) is 0 Å². The van der Waals surface area contributed by atoms with Gasteiger partial charge in [0.15, 0.2) is 0 Å². The SMILES string of the molecule is Brc1ccccc1-c1c(Br)ccc2ccccc12. The Hall–Kier alpha value is -1.12. The Balaban J connectivity index is 2.42. The van der Waals surface area contributed by atoms with Crippen molar-refractivity contribution in [2.24, 2.45) is 0 Å². The van der Waals surface area contributed by atoms with Crippen molar-refractivity contribution in [3.05, 3.63) is 69.6 Å². The lowest BCUT2D eigenvalue weighted by Crippen LogP contribution is -1.84. The maximum absolute atomic E-state index is 3.67. The lowest BCUT2D eigenvalue weighted by molar-refractivity contribution is 1.59. The van der Waals surface area contributed by atoms with Gasteiger partial charge in [0.2, 0.25) is 0 Å². The van der Waals surface area contributed by atoms with Crippen LogP contribution in [0.4, 0.5) is 0 Å². The van der Waals surface area contributed by atoms with Gasteiger partial charge in [0.25, 0.3) is 0 Å². The molecular formula is C16H10Br2. The normalized spacial score (nSPS) is 10.8. The van der Waals surface area contributed by atoms with Crippen LogP contribution in [0.3, 0.4) is 0 Å². The molecule has 0 aromatic heterocycles. The predicted octanol–water partition coefficient (Wildman–Crippen LogP) is 6.03. The van der Waals surface area contributed by atoms with Crippen LogP contribution in [0.25, 0.3) is 21.9 Å². The number of rotatable bonds is 1. The average Bonchev–Trinajstić information content (AvgIpc) is 2.40. The third-order valence-corrected chi connectivity index (χ3v) is 4.37. The maximum Gasteiger partial charge on any atom is 0.0260 e. The van der Waals surface area contributed by atoms with Crippen LogP contribution >= 0.6 is 31.9 Å². The Morgan fingerprint density at radius 1 is 0.611 bits per heavy atom. The fourth-order valence-corrected chi connectivity index (χ4v) is 3.22. The Bertz CT molecular complexity index is 717. The predicted molar refractivity (Wildman–Crippen MR) is 84.8 cm³/mol. The highest BCUT2D eigenvalue weighted by molar-refractivity contribution is 9.11. The van der Waals surface area contributed by atoms with Gasteiger partial charge in [-0.3, -0.25) is 0 Å². The lowest BCUT2D eigenvalue weighted by atomic mass is 9.98. The highest BCUT2D eigenvalue weighted by atomic mass is 79.9. The van der Waals surface area contributed by atoms with Crippen LogP contribution < -0.4 is 0 Å². The van der Waals surface area contributed by atoms with Crippen molar-refractivity contribution in [3.8, 4) is 11.1 Å². The summed E-state index contributed by atoms with van der Waals surface area (Å²) in [6.07, 6.45) is 0. The molecule has 0 saturated heterocycles. The number of hydrogen-bond acceptors (Lipinski definition) is 0. The molecule has 0 N–H and O–H groups in total. The van der Waals surface area contributed by atoms with E-state index in [1.54, 1.807) is 0 Å². The number of benzene rings is 3. The topological polar surface area (TPSA) is 0 Å². The second kappa shape index (κ2) is 4.87. The molecule has 0 aliphatic carbocycles. The molecule has 0 aliphatic heterocycles. The van der Waals surface area contributed by atoms with Gasteiger partial charge >= 0.3 is 0 Å². The van der Waals surface area contributed by atoms with Gasteiger partial charge < -0.3 is 0 Å². The van der Waals surface area contributed by atoms with Crippen LogP contribution in [-0.4, -0.2) is 0 Å². The smallest absolute Gasteiger partial charge is 0.0260 e. The molecule has 0 heterocycles. The molecule has 3 rings (SSSR count). The van der Waals surface area contributed by atoms with E-state index < -0.39 is 0 Å². The maximum atomic E-state index is 3.67. The van der Waals surface area contributed by atoms with Gasteiger partial charge in [-0.25, -0.2) is 0 Å². The van der Waals surface area contributed by atoms with Crippen molar-refractivity contribution >= 4 is 42.6 Å². The summed E-state index contributed by atoms with van der Waals surface area (Å²) in [5.74, 6) is 0. The monoisotopic (exact) mass is 360 g/mol. The van der Waals surface area contributed by atoms with E-state index in [1.807, 2.05) is 6.07 Å². The van der Waals surface area contributed by atoms with Gasteiger partial charge in [-0.15, -0.1) is 0 Å². The molecule has 88 valence electrons. The molecule has 0 spiro atoms. The highest BCUT2D eigenvalue weighted by Crippen LogP contribution is 2.38. The van der Waals surface area contributed by atoms with Gasteiger partial charge in [-0.2, -0.15) is 0 Å². The quantitative estimate of drug-likeness (QED) is 0.496. The summed E-state index contributed by atoms with van der Waals surface area (Å²) < 4.78 is 2.23. The minimum atomic E-state index is 1.11. The fraction of sp³-hybridized carbons (Fsp3) is 0. The second-order valence-corrected chi connectivity index (χ2v) is 5.83. The molecule has 3 aromatic carbocycles. The number of fused-ring (bicyclic) bond motifs is 1. The Labute approximate surface area is 123 Å². The molecule has 0 bridgehead atoms. The van der Waals surface area contributed by atoms with E-state index in [0.717, 1.165) is 8.95 Å². The van der Waals surface area contributed by atoms with E-state index in [2.05, 4.69) is 86.5 Å². The van der Waals surface area contributed by atoms with E-state index in [9.17, 15) is 0 Å². The average molecular weight is 362 g/mol. The minimum Gasteiger partial charge on any atom is -0.0616 e. The molecule has 2 heteroatoms. The number of hydrogen-bond donors (Lipinski definition) is 0. The molecule has 0 aliphatic rings. The summed E-state index contributed by atoms with van der Waals surface area (Å²) >= 11 is 7.30. The molecule has 0 fully saturated rings. The van der Waals surface area contributed by atoms with Crippen LogP contribution in [0.5, 0.6) is 0 Å². The van der Waals surface area contributed by atoms with Crippen LogP contribution in [-0.2, 0) is 0 Å². The molecule has 18 heavy (non-hydrogen) atoms. The summed E-state index contributed by atoms with van der Waals surface area (Å²) in [7, 11) is 0. The summed E-state index contributed by atoms with van der Waals surface area (Å²) in [4.78, 5) is 0. The van der Waals surface area contributed by atoms with Crippen molar-refractivity contribution in [2.75, 3.05) is 0 Å². The van der Waals surface area contributed by atoms with Crippen molar-refractivity contribution < 1.29 is 0 Å². The van der Waals surface area contributed by atoms with Crippen molar-refractivity contribution in [3.63, 3.8) is 0 Å². The van der Waals surface area contributed by atoms with Crippen molar-refractivity contribution in [1.29, 1.82) is 0 Å². The van der Waals surface area contributed by atoms with Crippen molar-refractivity contribution in [1.82, 2.24) is 0 Å². The minimum absolute atomic E-state index is 1.11. The first kappa shape index (κ1) is 11.9. The first-order valence-corrected chi connectivity index (χ1v) is 7.28. The summed E-state index contributed by atoms with van der Waals surface area (Å²) in [6.45, 7) is 0. The zero-order valence-electron chi connectivity index (χ0n) is 9.53. The molecule has 0 atom stereocenters. The standard InChI is InChI=1S/C16H10Br2/c17-14-8-4-3-7-13(14)16-12-6-2-1-5-11(12)9-10-15(16)18/h1-10H.